The minimum atomic E-state index is -0.263. The Kier molecular flexibility index (Phi) is 21.4. The van der Waals surface area contributed by atoms with Crippen LogP contribution in [0.1, 0.15) is 78.5 Å². The van der Waals surface area contributed by atoms with Crippen molar-refractivity contribution in [1.82, 2.24) is 0 Å². The Morgan fingerprint density at radius 1 is 1.14 bits per heavy atom. The van der Waals surface area contributed by atoms with Crippen molar-refractivity contribution < 1.29 is 45.4 Å². The van der Waals surface area contributed by atoms with Crippen molar-refractivity contribution in [1.29, 1.82) is 0 Å². The van der Waals surface area contributed by atoms with Gasteiger partial charge in [0, 0.05) is 13.5 Å². The van der Waals surface area contributed by atoms with Gasteiger partial charge in [0.05, 0.1) is 0 Å². The van der Waals surface area contributed by atoms with E-state index in [1.165, 1.54) is 13.3 Å². The van der Waals surface area contributed by atoms with Crippen LogP contribution in [0.2, 0.25) is 0 Å². The minimum absolute atomic E-state index is 0. The van der Waals surface area contributed by atoms with Gasteiger partial charge < -0.3 is 23.8 Å². The maximum atomic E-state index is 11.2. The second-order valence-corrected chi connectivity index (χ2v) is 7.42. The maximum absolute atomic E-state index is 11.2. The number of ether oxygens (including phenoxy) is 2. The third kappa shape index (κ3) is 14.6. The minimum Gasteiger partial charge on any atom is -0.459 e. The van der Waals surface area contributed by atoms with E-state index in [4.69, 9.17) is 9.47 Å². The van der Waals surface area contributed by atoms with E-state index < -0.39 is 0 Å². The fourth-order valence-corrected chi connectivity index (χ4v) is 2.29. The Labute approximate surface area is 198 Å². The SMILES string of the molecule is CCC(C)C(C)C.[CH2-]CCO[CH-]c1cccc(C(OC(C)=O)C(C)C)c1.[CH3-].[U+3]. The van der Waals surface area contributed by atoms with Gasteiger partial charge in [-0.1, -0.05) is 66.2 Å². The van der Waals surface area contributed by atoms with Gasteiger partial charge in [0.1, 0.15) is 6.10 Å². The summed E-state index contributed by atoms with van der Waals surface area (Å²) in [6.45, 7) is 20.6. The molecule has 3 nitrogen and oxygen atoms in total. The van der Waals surface area contributed by atoms with E-state index in [0.717, 1.165) is 29.4 Å². The standard InChI is InChI=1S/C16H22O3.C7H16.CH3.U/c1-5-9-18-11-14-7-6-8-15(10-14)16(12(2)3)19-13(4)17;1-5-7(4)6(2)3;;/h6-8,10-12,16H,1,5,9H2,2-4H3;6-7H,5H2,1-4H3;1H3;/q-2;;-1;+3. The predicted molar refractivity (Wildman–Crippen MR) is 116 cm³/mol. The summed E-state index contributed by atoms with van der Waals surface area (Å²) in [6, 6.07) is 7.84. The third-order valence-corrected chi connectivity index (χ3v) is 4.40. The Morgan fingerprint density at radius 2 is 1.75 bits per heavy atom. The third-order valence-electron chi connectivity index (χ3n) is 4.40. The van der Waals surface area contributed by atoms with Crippen LogP contribution in [0.5, 0.6) is 0 Å². The molecule has 0 aliphatic rings. The number of hydrogen-bond donors (Lipinski definition) is 0. The normalized spacial score (nSPS) is 12.1. The molecule has 0 saturated carbocycles. The molecule has 0 bridgehead atoms. The molecule has 0 aliphatic heterocycles. The van der Waals surface area contributed by atoms with Crippen LogP contribution in [0.3, 0.4) is 0 Å². The van der Waals surface area contributed by atoms with Crippen LogP contribution in [0, 0.1) is 69.8 Å². The molecule has 159 valence electrons. The molecule has 0 fully saturated rings. The summed E-state index contributed by atoms with van der Waals surface area (Å²) in [4.78, 5) is 11.2. The molecule has 1 radical (unpaired) electrons. The molecular formula is C24H41O3U. The molecule has 0 N–H and O–H groups in total. The van der Waals surface area contributed by atoms with Crippen LogP contribution in [-0.4, -0.2) is 12.6 Å². The molecule has 0 spiro atoms. The van der Waals surface area contributed by atoms with Gasteiger partial charge in [0.15, 0.2) is 0 Å². The molecule has 4 heteroatoms. The van der Waals surface area contributed by atoms with E-state index in [1.807, 2.05) is 38.1 Å². The summed E-state index contributed by atoms with van der Waals surface area (Å²) in [5.74, 6) is 1.73. The van der Waals surface area contributed by atoms with Gasteiger partial charge in [-0.25, -0.2) is 0 Å². The van der Waals surface area contributed by atoms with Crippen LogP contribution in [-0.2, 0) is 14.3 Å². The fraction of sp³-hybridized carbons (Fsp3) is 0.583. The molecule has 0 amide bonds. The number of hydrogen-bond acceptors (Lipinski definition) is 3. The first kappa shape index (κ1) is 32.2. The monoisotopic (exact) mass is 615 g/mol. The molecule has 1 aromatic rings. The topological polar surface area (TPSA) is 35.5 Å². The Balaban J connectivity index is -0.000000599. The van der Waals surface area contributed by atoms with E-state index in [2.05, 4.69) is 34.6 Å². The van der Waals surface area contributed by atoms with E-state index in [1.54, 1.807) is 6.61 Å². The first-order chi connectivity index (χ1) is 12.2. The second kappa shape index (κ2) is 18.6. The summed E-state index contributed by atoms with van der Waals surface area (Å²) in [5.41, 5.74) is 1.95. The van der Waals surface area contributed by atoms with Crippen LogP contribution in [0.25, 0.3) is 0 Å². The van der Waals surface area contributed by atoms with Gasteiger partial charge in [-0.05, 0) is 17.8 Å². The Hall–Kier alpha value is -0.428. The van der Waals surface area contributed by atoms with Crippen LogP contribution < -0.4 is 0 Å². The van der Waals surface area contributed by atoms with E-state index in [-0.39, 0.29) is 56.5 Å². The van der Waals surface area contributed by atoms with Gasteiger partial charge in [0.25, 0.3) is 0 Å². The molecule has 0 aliphatic carbocycles. The summed E-state index contributed by atoms with van der Waals surface area (Å²) in [6.07, 6.45) is 1.83. The van der Waals surface area contributed by atoms with Crippen molar-refractivity contribution in [3.63, 3.8) is 0 Å². The number of benzene rings is 1. The zero-order chi connectivity index (χ0) is 20.1. The molecule has 2 atom stereocenters. The summed E-state index contributed by atoms with van der Waals surface area (Å²) >= 11 is 0. The van der Waals surface area contributed by atoms with Crippen LogP contribution >= 0.6 is 0 Å². The van der Waals surface area contributed by atoms with Gasteiger partial charge in [0.2, 0.25) is 0 Å². The summed E-state index contributed by atoms with van der Waals surface area (Å²) < 4.78 is 10.7. The first-order valence-corrected chi connectivity index (χ1v) is 9.74. The van der Waals surface area contributed by atoms with Crippen molar-refractivity contribution in [3.8, 4) is 0 Å². The van der Waals surface area contributed by atoms with E-state index in [9.17, 15) is 4.79 Å². The molecule has 0 saturated heterocycles. The number of esters is 1. The fourth-order valence-electron chi connectivity index (χ4n) is 2.29. The first-order valence-electron chi connectivity index (χ1n) is 9.74. The van der Waals surface area contributed by atoms with Crippen LogP contribution in [0.4, 0.5) is 0 Å². The van der Waals surface area contributed by atoms with Crippen molar-refractivity contribution in [2.24, 2.45) is 17.8 Å². The quantitative estimate of drug-likeness (QED) is 0.174. The van der Waals surface area contributed by atoms with E-state index in [0.29, 0.717) is 6.61 Å². The number of rotatable bonds is 9. The van der Waals surface area contributed by atoms with Crippen molar-refractivity contribution in [3.05, 3.63) is 56.3 Å². The van der Waals surface area contributed by atoms with Crippen LogP contribution in [0.15, 0.2) is 24.3 Å². The number of carbonyl (C=O) groups excluding carboxylic acids is 1. The van der Waals surface area contributed by atoms with Gasteiger partial charge in [-0.2, -0.15) is 24.1 Å². The maximum Gasteiger partial charge on any atom is 3.00 e. The Bertz CT molecular complexity index is 500. The van der Waals surface area contributed by atoms with Crippen molar-refractivity contribution >= 4 is 5.97 Å². The average molecular weight is 616 g/mol. The Morgan fingerprint density at radius 3 is 2.14 bits per heavy atom. The zero-order valence-corrected chi connectivity index (χ0v) is 23.4. The second-order valence-electron chi connectivity index (χ2n) is 7.42. The molecule has 2 unspecified atom stereocenters. The molecule has 1 aromatic carbocycles. The number of carbonyl (C=O) groups is 1. The predicted octanol–water partition coefficient (Wildman–Crippen LogP) is 6.84. The smallest absolute Gasteiger partial charge is 0.459 e. The molecule has 0 aromatic heterocycles. The summed E-state index contributed by atoms with van der Waals surface area (Å²) in [5, 5.41) is 0. The largest absolute Gasteiger partial charge is 3.00 e. The van der Waals surface area contributed by atoms with Gasteiger partial charge >= 0.3 is 37.1 Å². The molecular weight excluding hydrogens is 574 g/mol. The zero-order valence-electron chi connectivity index (χ0n) is 19.2. The molecule has 1 rings (SSSR count). The summed E-state index contributed by atoms with van der Waals surface area (Å²) in [7, 11) is 0. The van der Waals surface area contributed by atoms with Crippen molar-refractivity contribution in [2.45, 2.75) is 67.4 Å². The molecule has 0 heterocycles. The average Bonchev–Trinajstić information content (AvgIpc) is 2.59. The van der Waals surface area contributed by atoms with Crippen molar-refractivity contribution in [2.75, 3.05) is 6.61 Å². The van der Waals surface area contributed by atoms with E-state index >= 15 is 0 Å². The van der Waals surface area contributed by atoms with Gasteiger partial charge in [-0.3, -0.25) is 4.79 Å². The van der Waals surface area contributed by atoms with Gasteiger partial charge in [-0.15, -0.1) is 6.07 Å². The molecule has 28 heavy (non-hydrogen) atoms.